The molecule has 4 heterocycles. The van der Waals surface area contributed by atoms with Gasteiger partial charge in [-0.2, -0.15) is 0 Å². The van der Waals surface area contributed by atoms with Crippen molar-refractivity contribution >= 4 is 17.6 Å². The van der Waals surface area contributed by atoms with E-state index in [9.17, 15) is 9.59 Å². The molecule has 1 saturated heterocycles. The zero-order valence-electron chi connectivity index (χ0n) is 25.8. The first kappa shape index (κ1) is 30.2. The number of fused-ring (bicyclic) bond motifs is 1. The van der Waals surface area contributed by atoms with Crippen molar-refractivity contribution in [3.05, 3.63) is 114 Å². The quantitative estimate of drug-likeness (QED) is 0.307. The number of rotatable bonds is 4. The lowest BCUT2D eigenvalue weighted by molar-refractivity contribution is 0.0360. The molecule has 2 amide bonds. The van der Waals surface area contributed by atoms with Crippen molar-refractivity contribution in [3.63, 3.8) is 0 Å². The lowest BCUT2D eigenvalue weighted by Crippen LogP contribution is -2.46. The maximum atomic E-state index is 14.2. The summed E-state index contributed by atoms with van der Waals surface area (Å²) in [7, 11) is 0. The number of piperidine rings is 1. The second-order valence-corrected chi connectivity index (χ2v) is 12.1. The number of carbonyl (C=O) groups is 2. The van der Waals surface area contributed by atoms with Crippen LogP contribution in [0.3, 0.4) is 0 Å². The van der Waals surface area contributed by atoms with Crippen LogP contribution in [0.1, 0.15) is 57.9 Å². The largest absolute Gasteiger partial charge is 0.492 e. The highest BCUT2D eigenvalue weighted by Gasteiger charge is 2.37. The molecule has 2 aliphatic heterocycles. The van der Waals surface area contributed by atoms with Gasteiger partial charge in [-0.25, -0.2) is 9.97 Å². The van der Waals surface area contributed by atoms with Gasteiger partial charge in [-0.05, 0) is 68.5 Å². The molecule has 2 aromatic carbocycles. The predicted molar refractivity (Wildman–Crippen MR) is 173 cm³/mol. The molecular weight excluding hydrogens is 564 g/mol. The van der Waals surface area contributed by atoms with Gasteiger partial charge in [0.25, 0.3) is 11.8 Å². The third-order valence-electron chi connectivity index (χ3n) is 9.01. The summed E-state index contributed by atoms with van der Waals surface area (Å²) >= 11 is 0. The molecule has 0 bridgehead atoms. The average molecular weight is 605 g/mol. The maximum Gasteiger partial charge on any atom is 0.272 e. The summed E-state index contributed by atoms with van der Waals surface area (Å²) in [6, 6.07) is 25.1. The lowest BCUT2D eigenvalue weighted by atomic mass is 9.75. The van der Waals surface area contributed by atoms with Crippen LogP contribution in [0.4, 0.5) is 5.82 Å². The van der Waals surface area contributed by atoms with Crippen LogP contribution in [0.15, 0.2) is 91.3 Å². The number of nitrogens with zero attached hydrogens (tertiary/aromatic N) is 6. The van der Waals surface area contributed by atoms with Crippen molar-refractivity contribution in [2.75, 3.05) is 44.2 Å². The molecule has 4 aromatic rings. The number of pyridine rings is 1. The first-order valence-corrected chi connectivity index (χ1v) is 15.8. The van der Waals surface area contributed by atoms with Crippen LogP contribution in [0.5, 0.6) is 5.75 Å². The van der Waals surface area contributed by atoms with Crippen LogP contribution in [0, 0.1) is 12.3 Å². The zero-order chi connectivity index (χ0) is 31.1. The van der Waals surface area contributed by atoms with Gasteiger partial charge in [0.15, 0.2) is 0 Å². The minimum atomic E-state index is -0.137. The molecule has 0 radical (unpaired) electrons. The van der Waals surface area contributed by atoms with Crippen LogP contribution in [0.25, 0.3) is 0 Å². The minimum Gasteiger partial charge on any atom is -0.492 e. The number of amides is 2. The Bertz CT molecular complexity index is 1590. The van der Waals surface area contributed by atoms with E-state index in [1.807, 2.05) is 77.4 Å². The topological polar surface area (TPSA) is 91.8 Å². The molecule has 1 fully saturated rings. The van der Waals surface area contributed by atoms with Crippen LogP contribution in [0.2, 0.25) is 0 Å². The normalized spacial score (nSPS) is 17.4. The van der Waals surface area contributed by atoms with Crippen molar-refractivity contribution in [1.82, 2.24) is 24.8 Å². The summed E-state index contributed by atoms with van der Waals surface area (Å²) in [5, 5.41) is 0. The predicted octanol–water partition coefficient (Wildman–Crippen LogP) is 5.42. The van der Waals surface area contributed by atoms with Gasteiger partial charge in [-0.15, -0.1) is 0 Å². The molecule has 0 saturated carbocycles. The Morgan fingerprint density at radius 3 is 2.38 bits per heavy atom. The van der Waals surface area contributed by atoms with E-state index in [1.165, 1.54) is 0 Å². The van der Waals surface area contributed by atoms with Gasteiger partial charge in [-0.1, -0.05) is 48.5 Å². The monoisotopic (exact) mass is 604 g/mol. The summed E-state index contributed by atoms with van der Waals surface area (Å²) < 4.78 is 6.57. The molecule has 6 rings (SSSR count). The smallest absolute Gasteiger partial charge is 0.272 e. The van der Waals surface area contributed by atoms with Crippen molar-refractivity contribution in [2.24, 2.45) is 5.41 Å². The number of hydrogen-bond donors (Lipinski definition) is 0. The number of anilines is 1. The van der Waals surface area contributed by atoms with Crippen molar-refractivity contribution in [3.8, 4) is 5.75 Å². The molecular formula is C36H40N6O3. The first-order chi connectivity index (χ1) is 22.0. The molecule has 0 aliphatic carbocycles. The highest BCUT2D eigenvalue weighted by Crippen LogP contribution is 2.38. The van der Waals surface area contributed by atoms with Crippen LogP contribution < -0.4 is 9.64 Å². The number of benzene rings is 2. The van der Waals surface area contributed by atoms with E-state index >= 15 is 0 Å². The van der Waals surface area contributed by atoms with E-state index < -0.39 is 0 Å². The standard InChI is InChI=1S/C36H40N6O3/c1-28-37-20-15-33(39-28)40-21-9-16-36(17-22-41(23-18-36)35(44)31-13-7-8-19-38-31)27-45-32-14-6-5-12-30(32)34(43)42(25-24-40)26-29-10-3-2-4-11-29/h2-8,10-15,19-20H,9,16-18,21-27H2,1H3. The van der Waals surface area contributed by atoms with Crippen LogP contribution in [-0.2, 0) is 6.54 Å². The number of para-hydroxylation sites is 1. The average Bonchev–Trinajstić information content (AvgIpc) is 3.09. The number of hydrogen-bond acceptors (Lipinski definition) is 7. The molecule has 2 aliphatic rings. The summed E-state index contributed by atoms with van der Waals surface area (Å²) in [6.07, 6.45) is 6.94. The van der Waals surface area contributed by atoms with Crippen molar-refractivity contribution < 1.29 is 14.3 Å². The number of aromatic nitrogens is 3. The van der Waals surface area contributed by atoms with Gasteiger partial charge >= 0.3 is 0 Å². The molecule has 232 valence electrons. The van der Waals surface area contributed by atoms with Crippen molar-refractivity contribution in [2.45, 2.75) is 39.2 Å². The molecule has 0 atom stereocenters. The number of carbonyl (C=O) groups excluding carboxylic acids is 2. The van der Waals surface area contributed by atoms with Gasteiger partial charge in [0.2, 0.25) is 0 Å². The van der Waals surface area contributed by atoms with E-state index in [4.69, 9.17) is 9.72 Å². The van der Waals surface area contributed by atoms with Gasteiger partial charge in [0.05, 0.1) is 12.2 Å². The fourth-order valence-electron chi connectivity index (χ4n) is 6.38. The lowest BCUT2D eigenvalue weighted by Gasteiger charge is -2.42. The molecule has 45 heavy (non-hydrogen) atoms. The third kappa shape index (κ3) is 7.30. The van der Waals surface area contributed by atoms with Gasteiger partial charge in [-0.3, -0.25) is 14.6 Å². The summed E-state index contributed by atoms with van der Waals surface area (Å²) in [4.78, 5) is 46.8. The van der Waals surface area contributed by atoms with E-state index in [0.717, 1.165) is 49.4 Å². The molecule has 0 N–H and O–H groups in total. The second kappa shape index (κ2) is 13.9. The first-order valence-electron chi connectivity index (χ1n) is 15.8. The maximum absolute atomic E-state index is 14.2. The number of aryl methyl sites for hydroxylation is 1. The third-order valence-corrected chi connectivity index (χ3v) is 9.01. The summed E-state index contributed by atoms with van der Waals surface area (Å²) in [5.74, 6) is 2.10. The molecule has 0 unspecified atom stereocenters. The van der Waals surface area contributed by atoms with Gasteiger partial charge in [0, 0.05) is 57.1 Å². The van der Waals surface area contributed by atoms with Crippen LogP contribution in [-0.4, -0.2) is 75.9 Å². The van der Waals surface area contributed by atoms with Crippen molar-refractivity contribution in [1.29, 1.82) is 0 Å². The summed E-state index contributed by atoms with van der Waals surface area (Å²) in [6.45, 7) is 6.10. The molecule has 9 heteroatoms. The van der Waals surface area contributed by atoms with E-state index in [0.29, 0.717) is 56.3 Å². The van der Waals surface area contributed by atoms with Gasteiger partial charge < -0.3 is 19.4 Å². The highest BCUT2D eigenvalue weighted by molar-refractivity contribution is 5.97. The van der Waals surface area contributed by atoms with E-state index in [2.05, 4.69) is 27.0 Å². The fraction of sp³-hybridized carbons (Fsp3) is 0.361. The number of ether oxygens (including phenoxy) is 1. The van der Waals surface area contributed by atoms with E-state index in [-0.39, 0.29) is 17.2 Å². The molecule has 9 nitrogen and oxygen atoms in total. The number of likely N-dealkylation sites (tertiary alicyclic amines) is 1. The fourth-order valence-corrected chi connectivity index (χ4v) is 6.38. The zero-order valence-corrected chi connectivity index (χ0v) is 25.8. The Morgan fingerprint density at radius 2 is 1.60 bits per heavy atom. The minimum absolute atomic E-state index is 0.0317. The Kier molecular flexibility index (Phi) is 9.33. The Hall–Kier alpha value is -4.79. The van der Waals surface area contributed by atoms with Crippen LogP contribution >= 0.6 is 0 Å². The SMILES string of the molecule is Cc1nccc(N2CCCC3(CCN(C(=O)c4ccccn4)CC3)COc3ccccc3C(=O)N(Cc3ccccc3)CC2)n1. The molecule has 1 spiro atoms. The van der Waals surface area contributed by atoms with Gasteiger partial charge in [0.1, 0.15) is 23.1 Å². The summed E-state index contributed by atoms with van der Waals surface area (Å²) in [5.41, 5.74) is 1.98. The highest BCUT2D eigenvalue weighted by atomic mass is 16.5. The Balaban J connectivity index is 1.28. The Morgan fingerprint density at radius 1 is 0.822 bits per heavy atom. The molecule has 2 aromatic heterocycles. The second-order valence-electron chi connectivity index (χ2n) is 12.1. The Labute approximate surface area is 264 Å². The van der Waals surface area contributed by atoms with E-state index in [1.54, 1.807) is 18.5 Å².